The predicted octanol–water partition coefficient (Wildman–Crippen LogP) is 5.86. The smallest absolute Gasteiger partial charge is 0.313 e. The van der Waals surface area contributed by atoms with Crippen molar-refractivity contribution in [1.82, 2.24) is 4.98 Å². The molecule has 0 atom stereocenters. The molecule has 0 saturated heterocycles. The van der Waals surface area contributed by atoms with Crippen LogP contribution in [0, 0.1) is 12.3 Å². The quantitative estimate of drug-likeness (QED) is 0.510. The number of oxazole rings is 1. The van der Waals surface area contributed by atoms with Gasteiger partial charge in [-0.1, -0.05) is 36.4 Å². The lowest BCUT2D eigenvalue weighted by molar-refractivity contribution is -0.141. The van der Waals surface area contributed by atoms with Crippen LogP contribution >= 0.6 is 0 Å². The van der Waals surface area contributed by atoms with Crippen molar-refractivity contribution in [3.05, 3.63) is 77.2 Å². The Morgan fingerprint density at radius 2 is 1.97 bits per heavy atom. The number of hydrogen-bond acceptors (Lipinski definition) is 4. The van der Waals surface area contributed by atoms with Crippen molar-refractivity contribution in [3.8, 4) is 17.2 Å². The molecule has 5 heteroatoms. The maximum atomic E-state index is 11.6. The molecule has 1 heterocycles. The van der Waals surface area contributed by atoms with Gasteiger partial charge in [-0.2, -0.15) is 0 Å². The lowest BCUT2D eigenvalue weighted by Crippen LogP contribution is -2.14. The third-order valence-corrected chi connectivity index (χ3v) is 6.53. The SMILES string of the molecule is Cc1oc(-c2ccccc2)nc1CCOc1cccc2c1CCC/C2=C/C1(C(=O)O)CC1. The molecule has 5 nitrogen and oxygen atoms in total. The fourth-order valence-electron chi connectivity index (χ4n) is 4.51. The van der Waals surface area contributed by atoms with Crippen LogP contribution in [0.15, 0.2) is 59.0 Å². The van der Waals surface area contributed by atoms with Gasteiger partial charge in [0, 0.05) is 17.5 Å². The van der Waals surface area contributed by atoms with Gasteiger partial charge < -0.3 is 14.3 Å². The van der Waals surface area contributed by atoms with E-state index in [2.05, 4.69) is 11.1 Å². The first-order chi connectivity index (χ1) is 15.6. The second-order valence-electron chi connectivity index (χ2n) is 8.75. The van der Waals surface area contributed by atoms with Crippen molar-refractivity contribution >= 4 is 11.5 Å². The van der Waals surface area contributed by atoms with E-state index >= 15 is 0 Å². The molecular formula is C27H27NO4. The minimum absolute atomic E-state index is 0.510. The molecule has 0 radical (unpaired) electrons. The summed E-state index contributed by atoms with van der Waals surface area (Å²) < 4.78 is 12.1. The molecule has 164 valence electrons. The summed E-state index contributed by atoms with van der Waals surface area (Å²) in [6.45, 7) is 2.45. The highest BCUT2D eigenvalue weighted by molar-refractivity contribution is 5.85. The van der Waals surface area contributed by atoms with Crippen LogP contribution in [-0.4, -0.2) is 22.7 Å². The fraction of sp³-hybridized carbons (Fsp3) is 0.333. The topological polar surface area (TPSA) is 72.6 Å². The molecule has 5 rings (SSSR count). The predicted molar refractivity (Wildman–Crippen MR) is 123 cm³/mol. The highest BCUT2D eigenvalue weighted by Crippen LogP contribution is 2.50. The molecule has 0 amide bonds. The van der Waals surface area contributed by atoms with E-state index < -0.39 is 11.4 Å². The summed E-state index contributed by atoms with van der Waals surface area (Å²) in [5, 5.41) is 9.58. The van der Waals surface area contributed by atoms with Gasteiger partial charge in [-0.15, -0.1) is 0 Å². The molecule has 2 aliphatic rings. The summed E-state index contributed by atoms with van der Waals surface area (Å²) in [6.07, 6.45) is 7.02. The number of rotatable bonds is 7. The van der Waals surface area contributed by atoms with Crippen molar-refractivity contribution in [3.63, 3.8) is 0 Å². The highest BCUT2D eigenvalue weighted by Gasteiger charge is 2.48. The normalized spacial score (nSPS) is 17.7. The summed E-state index contributed by atoms with van der Waals surface area (Å²) in [5.41, 5.74) is 4.71. The van der Waals surface area contributed by atoms with Crippen LogP contribution in [0.5, 0.6) is 5.75 Å². The van der Waals surface area contributed by atoms with E-state index in [-0.39, 0.29) is 0 Å². The zero-order valence-electron chi connectivity index (χ0n) is 18.3. The number of fused-ring (bicyclic) bond motifs is 1. The summed E-state index contributed by atoms with van der Waals surface area (Å²) in [7, 11) is 0. The zero-order chi connectivity index (χ0) is 22.1. The van der Waals surface area contributed by atoms with Gasteiger partial charge in [-0.25, -0.2) is 4.98 Å². The van der Waals surface area contributed by atoms with E-state index in [9.17, 15) is 9.90 Å². The van der Waals surface area contributed by atoms with E-state index in [1.54, 1.807) is 0 Å². The molecule has 0 aliphatic heterocycles. The first kappa shape index (κ1) is 20.6. The second-order valence-corrected chi connectivity index (χ2v) is 8.75. The van der Waals surface area contributed by atoms with Crippen LogP contribution in [0.4, 0.5) is 0 Å². The van der Waals surface area contributed by atoms with E-state index in [0.29, 0.717) is 18.9 Å². The summed E-state index contributed by atoms with van der Waals surface area (Å²) in [6, 6.07) is 16.0. The molecule has 1 N–H and O–H groups in total. The van der Waals surface area contributed by atoms with Gasteiger partial charge in [0.15, 0.2) is 0 Å². The monoisotopic (exact) mass is 429 g/mol. The Morgan fingerprint density at radius 3 is 2.72 bits per heavy atom. The molecule has 32 heavy (non-hydrogen) atoms. The summed E-state index contributed by atoms with van der Waals surface area (Å²) in [4.78, 5) is 16.3. The summed E-state index contributed by atoms with van der Waals surface area (Å²) >= 11 is 0. The fourth-order valence-corrected chi connectivity index (χ4v) is 4.51. The second kappa shape index (κ2) is 8.30. The number of carbonyl (C=O) groups is 1. The zero-order valence-corrected chi connectivity index (χ0v) is 18.3. The van der Waals surface area contributed by atoms with Crippen LogP contribution in [0.1, 0.15) is 48.3 Å². The number of hydrogen-bond donors (Lipinski definition) is 1. The van der Waals surface area contributed by atoms with Crippen LogP contribution < -0.4 is 4.74 Å². The maximum Gasteiger partial charge on any atom is 0.313 e. The van der Waals surface area contributed by atoms with Crippen molar-refractivity contribution < 1.29 is 19.1 Å². The Labute approximate surface area is 187 Å². The van der Waals surface area contributed by atoms with Crippen molar-refractivity contribution in [1.29, 1.82) is 0 Å². The van der Waals surface area contributed by atoms with Gasteiger partial charge >= 0.3 is 5.97 Å². The molecule has 2 aliphatic carbocycles. The van der Waals surface area contributed by atoms with Crippen LogP contribution in [-0.2, 0) is 17.6 Å². The Bertz CT molecular complexity index is 1170. The molecule has 0 spiro atoms. The van der Waals surface area contributed by atoms with Crippen LogP contribution in [0.2, 0.25) is 0 Å². The van der Waals surface area contributed by atoms with Crippen molar-refractivity contribution in [2.75, 3.05) is 6.61 Å². The molecule has 1 fully saturated rings. The van der Waals surface area contributed by atoms with E-state index in [1.807, 2.05) is 55.5 Å². The van der Waals surface area contributed by atoms with Crippen molar-refractivity contribution in [2.45, 2.75) is 45.4 Å². The molecule has 3 aromatic rings. The number of carboxylic acid groups (broad SMARTS) is 1. The maximum absolute atomic E-state index is 11.6. The van der Waals surface area contributed by atoms with Crippen LogP contribution in [0.25, 0.3) is 17.0 Å². The number of nitrogens with zero attached hydrogens (tertiary/aromatic N) is 1. The molecule has 1 saturated carbocycles. The standard InChI is InChI=1S/C27H27NO4/c1-18-23(28-25(32-18)19-7-3-2-4-8-19)13-16-31-24-12-6-10-21-20(9-5-11-22(21)24)17-27(14-15-27)26(29)30/h2-4,6-8,10,12,17H,5,9,11,13-16H2,1H3,(H,29,30)/b20-17-. The largest absolute Gasteiger partial charge is 0.493 e. The van der Waals surface area contributed by atoms with Crippen molar-refractivity contribution in [2.24, 2.45) is 5.41 Å². The van der Waals surface area contributed by atoms with E-state index in [4.69, 9.17) is 9.15 Å². The Hall–Kier alpha value is -3.34. The number of benzene rings is 2. The highest BCUT2D eigenvalue weighted by atomic mass is 16.5. The Balaban J connectivity index is 1.31. The third-order valence-electron chi connectivity index (χ3n) is 6.53. The summed E-state index contributed by atoms with van der Waals surface area (Å²) in [5.74, 6) is 1.63. The Morgan fingerprint density at radius 1 is 1.16 bits per heavy atom. The minimum atomic E-state index is -0.706. The van der Waals surface area contributed by atoms with E-state index in [1.165, 1.54) is 5.56 Å². The van der Waals surface area contributed by atoms with Gasteiger partial charge in [0.2, 0.25) is 5.89 Å². The number of carboxylic acids is 1. The average Bonchev–Trinajstić information content (AvgIpc) is 3.51. The van der Waals surface area contributed by atoms with Gasteiger partial charge in [0.1, 0.15) is 11.5 Å². The lowest BCUT2D eigenvalue weighted by Gasteiger charge is -2.23. The molecular weight excluding hydrogens is 402 g/mol. The lowest BCUT2D eigenvalue weighted by atomic mass is 9.84. The Kier molecular flexibility index (Phi) is 5.33. The molecule has 0 bridgehead atoms. The van der Waals surface area contributed by atoms with Gasteiger partial charge in [0.05, 0.1) is 17.7 Å². The number of aryl methyl sites for hydroxylation is 1. The molecule has 0 unspecified atom stereocenters. The van der Waals surface area contributed by atoms with Gasteiger partial charge in [0.25, 0.3) is 0 Å². The third kappa shape index (κ3) is 3.95. The molecule has 1 aromatic heterocycles. The van der Waals surface area contributed by atoms with Crippen LogP contribution in [0.3, 0.4) is 0 Å². The average molecular weight is 430 g/mol. The minimum Gasteiger partial charge on any atom is -0.493 e. The van der Waals surface area contributed by atoms with E-state index in [0.717, 1.165) is 66.0 Å². The number of ether oxygens (including phenoxy) is 1. The first-order valence-corrected chi connectivity index (χ1v) is 11.3. The first-order valence-electron chi connectivity index (χ1n) is 11.3. The van der Waals surface area contributed by atoms with Gasteiger partial charge in [-0.3, -0.25) is 4.79 Å². The van der Waals surface area contributed by atoms with Gasteiger partial charge in [-0.05, 0) is 68.4 Å². The number of allylic oxidation sites excluding steroid dienone is 1. The number of aromatic nitrogens is 1. The number of aliphatic carboxylic acids is 1. The molecule has 2 aromatic carbocycles.